The molecule has 0 spiro atoms. The predicted octanol–water partition coefficient (Wildman–Crippen LogP) is 0.967. The van der Waals surface area contributed by atoms with E-state index < -0.39 is 0 Å². The summed E-state index contributed by atoms with van der Waals surface area (Å²) in [6.45, 7) is 9.23. The van der Waals surface area contributed by atoms with Gasteiger partial charge in [-0.05, 0) is 19.9 Å². The largest absolute Gasteiger partial charge is 0.513 e. The van der Waals surface area contributed by atoms with Gasteiger partial charge in [-0.3, -0.25) is 4.68 Å². The molecule has 0 radical (unpaired) electrons. The summed E-state index contributed by atoms with van der Waals surface area (Å²) in [5, 5.41) is 4.13. The maximum Gasteiger partial charge on any atom is 0.513 e. The molecule has 0 aromatic carbocycles. The number of nitrogens with zero attached hydrogens (tertiary/aromatic N) is 2. The summed E-state index contributed by atoms with van der Waals surface area (Å²) in [5.41, 5.74) is 0.769. The Bertz CT molecular complexity index is 387. The second-order valence-corrected chi connectivity index (χ2v) is 5.53. The van der Waals surface area contributed by atoms with Crippen molar-refractivity contribution in [3.63, 3.8) is 0 Å². The van der Waals surface area contributed by atoms with Crippen molar-refractivity contribution in [1.29, 1.82) is 0 Å². The van der Waals surface area contributed by atoms with Crippen molar-refractivity contribution in [2.24, 2.45) is 12.5 Å². The molecule has 1 aromatic rings. The minimum absolute atomic E-state index is 0.0160. The van der Waals surface area contributed by atoms with Gasteiger partial charge in [0.2, 0.25) is 0 Å². The minimum Gasteiger partial charge on any atom is -0.406 e. The van der Waals surface area contributed by atoms with Gasteiger partial charge in [0.15, 0.2) is 0 Å². The third-order valence-electron chi connectivity index (χ3n) is 3.73. The minimum atomic E-state index is -0.310. The fourth-order valence-electron chi connectivity index (χ4n) is 1.68. The molecule has 88 valence electrons. The van der Waals surface area contributed by atoms with E-state index in [1.165, 1.54) is 0 Å². The van der Waals surface area contributed by atoms with Gasteiger partial charge in [0, 0.05) is 25.3 Å². The molecule has 1 fully saturated rings. The normalized spacial score (nSPS) is 23.4. The molecule has 1 saturated heterocycles. The molecule has 0 atom stereocenters. The molecule has 0 bridgehead atoms. The summed E-state index contributed by atoms with van der Waals surface area (Å²) >= 11 is 0. The fraction of sp³-hybridized carbons (Fsp3) is 0.727. The van der Waals surface area contributed by atoms with E-state index in [2.05, 4.69) is 32.8 Å². The van der Waals surface area contributed by atoms with Gasteiger partial charge in [-0.1, -0.05) is 13.8 Å². The second-order valence-electron chi connectivity index (χ2n) is 5.53. The predicted molar refractivity (Wildman–Crippen MR) is 63.5 cm³/mol. The quantitative estimate of drug-likeness (QED) is 0.664. The van der Waals surface area contributed by atoms with Crippen LogP contribution in [0, 0.1) is 5.41 Å². The number of rotatable bonds is 1. The van der Waals surface area contributed by atoms with Crippen LogP contribution in [0.1, 0.15) is 27.7 Å². The molecule has 2 heterocycles. The van der Waals surface area contributed by atoms with Crippen LogP contribution >= 0.6 is 0 Å². The molecule has 16 heavy (non-hydrogen) atoms. The smallest absolute Gasteiger partial charge is 0.406 e. The second kappa shape index (κ2) is 3.60. The zero-order valence-corrected chi connectivity index (χ0v) is 10.7. The van der Waals surface area contributed by atoms with Crippen LogP contribution in [0.5, 0.6) is 0 Å². The maximum atomic E-state index is 6.03. The molecular formula is C11H19BN2O2. The van der Waals surface area contributed by atoms with Crippen molar-refractivity contribution in [1.82, 2.24) is 9.78 Å². The van der Waals surface area contributed by atoms with Gasteiger partial charge in [-0.25, -0.2) is 0 Å². The van der Waals surface area contributed by atoms with Crippen LogP contribution < -0.4 is 5.59 Å². The van der Waals surface area contributed by atoms with E-state index in [1.807, 2.05) is 13.1 Å². The topological polar surface area (TPSA) is 36.3 Å². The lowest BCUT2D eigenvalue weighted by Gasteiger charge is -2.47. The molecule has 5 heteroatoms. The Morgan fingerprint density at radius 1 is 1.38 bits per heavy atom. The molecule has 4 nitrogen and oxygen atoms in total. The first-order valence-electron chi connectivity index (χ1n) is 5.61. The molecule has 1 aliphatic heterocycles. The summed E-state index contributed by atoms with van der Waals surface area (Å²) in [6.07, 6.45) is 1.76. The summed E-state index contributed by atoms with van der Waals surface area (Å²) < 4.78 is 13.6. The molecule has 0 aliphatic carbocycles. The average Bonchev–Trinajstić information content (AvgIpc) is 2.57. The Morgan fingerprint density at radius 2 is 2.06 bits per heavy atom. The molecular weight excluding hydrogens is 203 g/mol. The molecule has 0 amide bonds. The molecule has 2 rings (SSSR count). The van der Waals surface area contributed by atoms with Crippen LogP contribution in [0.15, 0.2) is 12.3 Å². The summed E-state index contributed by atoms with van der Waals surface area (Å²) in [4.78, 5) is 0. The van der Waals surface area contributed by atoms with Gasteiger partial charge in [0.05, 0.1) is 11.2 Å². The van der Waals surface area contributed by atoms with Gasteiger partial charge >= 0.3 is 7.12 Å². The summed E-state index contributed by atoms with van der Waals surface area (Å²) in [5.74, 6) is 0. The number of aryl methyl sites for hydroxylation is 1. The van der Waals surface area contributed by atoms with E-state index in [-0.39, 0.29) is 18.1 Å². The number of aromatic nitrogens is 2. The monoisotopic (exact) mass is 222 g/mol. The Kier molecular flexibility index (Phi) is 2.63. The third-order valence-corrected chi connectivity index (χ3v) is 3.73. The Balaban J connectivity index is 2.21. The summed E-state index contributed by atoms with van der Waals surface area (Å²) in [7, 11) is 1.59. The third kappa shape index (κ3) is 1.78. The fourth-order valence-corrected chi connectivity index (χ4v) is 1.68. The van der Waals surface area contributed by atoms with Gasteiger partial charge in [-0.15, -0.1) is 0 Å². The molecule has 0 saturated carbocycles. The Hall–Kier alpha value is -0.805. The van der Waals surface area contributed by atoms with E-state index in [1.54, 1.807) is 10.9 Å². The van der Waals surface area contributed by atoms with Crippen molar-refractivity contribution in [3.05, 3.63) is 12.3 Å². The van der Waals surface area contributed by atoms with Crippen molar-refractivity contribution >= 4 is 12.7 Å². The maximum absolute atomic E-state index is 6.03. The van der Waals surface area contributed by atoms with Gasteiger partial charge in [0.25, 0.3) is 0 Å². The van der Waals surface area contributed by atoms with Gasteiger partial charge in [0.1, 0.15) is 0 Å². The van der Waals surface area contributed by atoms with Crippen molar-refractivity contribution in [3.8, 4) is 0 Å². The van der Waals surface area contributed by atoms with Crippen LogP contribution in [0.4, 0.5) is 0 Å². The standard InChI is InChI=1S/C11H19BN2O2/c1-10(2)8-15-12(16-11(10,3)4)9-6-7-13-14(9)5/h6-7H,8H2,1-5H3. The molecule has 1 aromatic heterocycles. The van der Waals surface area contributed by atoms with Crippen molar-refractivity contribution < 1.29 is 9.31 Å². The highest BCUT2D eigenvalue weighted by atomic mass is 16.6. The Morgan fingerprint density at radius 3 is 2.56 bits per heavy atom. The number of hydrogen-bond donors (Lipinski definition) is 0. The van der Waals surface area contributed by atoms with Gasteiger partial charge in [-0.2, -0.15) is 5.10 Å². The average molecular weight is 222 g/mol. The lowest BCUT2D eigenvalue weighted by atomic mass is 9.71. The van der Waals surface area contributed by atoms with Crippen LogP contribution in [0.3, 0.4) is 0 Å². The van der Waals surface area contributed by atoms with Crippen molar-refractivity contribution in [2.45, 2.75) is 33.3 Å². The molecule has 0 N–H and O–H groups in total. The summed E-state index contributed by atoms with van der Waals surface area (Å²) in [6, 6.07) is 1.93. The van der Waals surface area contributed by atoms with E-state index in [0.717, 1.165) is 5.59 Å². The van der Waals surface area contributed by atoms with Crippen LogP contribution in [0.25, 0.3) is 0 Å². The lowest BCUT2D eigenvalue weighted by molar-refractivity contribution is -0.0941. The van der Waals surface area contributed by atoms with E-state index >= 15 is 0 Å². The highest BCUT2D eigenvalue weighted by molar-refractivity contribution is 6.60. The zero-order valence-electron chi connectivity index (χ0n) is 10.7. The first kappa shape index (κ1) is 11.7. The van der Waals surface area contributed by atoms with Crippen molar-refractivity contribution in [2.75, 3.05) is 6.61 Å². The number of hydrogen-bond acceptors (Lipinski definition) is 3. The van der Waals surface area contributed by atoms with Crippen LogP contribution in [0.2, 0.25) is 0 Å². The van der Waals surface area contributed by atoms with Crippen LogP contribution in [-0.2, 0) is 16.4 Å². The first-order valence-corrected chi connectivity index (χ1v) is 5.61. The molecule has 0 unspecified atom stereocenters. The molecule has 1 aliphatic rings. The van der Waals surface area contributed by atoms with Gasteiger partial charge < -0.3 is 9.31 Å². The highest BCUT2D eigenvalue weighted by Crippen LogP contribution is 2.37. The Labute approximate surface area is 97.1 Å². The SMILES string of the molecule is Cn1nccc1B1OCC(C)(C)C(C)(C)O1. The van der Waals surface area contributed by atoms with E-state index in [4.69, 9.17) is 9.31 Å². The first-order chi connectivity index (χ1) is 7.33. The van der Waals surface area contributed by atoms with E-state index in [0.29, 0.717) is 6.61 Å². The van der Waals surface area contributed by atoms with E-state index in [9.17, 15) is 0 Å². The van der Waals surface area contributed by atoms with Crippen LogP contribution in [-0.4, -0.2) is 29.1 Å². The highest BCUT2D eigenvalue weighted by Gasteiger charge is 2.47. The lowest BCUT2D eigenvalue weighted by Crippen LogP contribution is -2.59. The zero-order chi connectivity index (χ0) is 12.0.